The van der Waals surface area contributed by atoms with Crippen molar-refractivity contribution in [3.63, 3.8) is 0 Å². The highest BCUT2D eigenvalue weighted by molar-refractivity contribution is 6.31. The van der Waals surface area contributed by atoms with Crippen LogP contribution in [0.3, 0.4) is 0 Å². The third-order valence-corrected chi connectivity index (χ3v) is 8.77. The second-order valence-corrected chi connectivity index (χ2v) is 12.0. The number of halogens is 2. The topological polar surface area (TPSA) is 91.4 Å². The van der Waals surface area contributed by atoms with Gasteiger partial charge in [-0.15, -0.1) is 0 Å². The quantitative estimate of drug-likeness (QED) is 0.272. The highest BCUT2D eigenvalue weighted by atomic mass is 35.5. The molecule has 0 radical (unpaired) electrons. The number of fused-ring (bicyclic) bond motifs is 1. The van der Waals surface area contributed by atoms with Gasteiger partial charge in [0.25, 0.3) is 0 Å². The van der Waals surface area contributed by atoms with Gasteiger partial charge in [0, 0.05) is 55.3 Å². The van der Waals surface area contributed by atoms with Crippen LogP contribution >= 0.6 is 11.6 Å². The predicted molar refractivity (Wildman–Crippen MR) is 160 cm³/mol. The Morgan fingerprint density at radius 2 is 2.05 bits per heavy atom. The van der Waals surface area contributed by atoms with Gasteiger partial charge in [-0.05, 0) is 55.5 Å². The molecule has 3 aliphatic rings. The average Bonchev–Trinajstić information content (AvgIpc) is 3.48. The first kappa shape index (κ1) is 27.9. The van der Waals surface area contributed by atoms with Crippen molar-refractivity contribution >= 4 is 45.6 Å². The zero-order chi connectivity index (χ0) is 28.2. The van der Waals surface area contributed by atoms with Crippen LogP contribution in [0.5, 0.6) is 5.75 Å². The van der Waals surface area contributed by atoms with Gasteiger partial charge in [-0.3, -0.25) is 9.69 Å². The molecule has 0 bridgehead atoms. The number of carbonyl (C=O) groups excluding carboxylic acids is 1. The summed E-state index contributed by atoms with van der Waals surface area (Å²) in [5.74, 6) is 0.752. The number of carbonyl (C=O) groups is 1. The van der Waals surface area contributed by atoms with Crippen LogP contribution in [-0.4, -0.2) is 60.1 Å². The van der Waals surface area contributed by atoms with E-state index in [0.717, 1.165) is 39.1 Å². The van der Waals surface area contributed by atoms with E-state index < -0.39 is 5.82 Å². The lowest BCUT2D eigenvalue weighted by Gasteiger charge is -2.52. The zero-order valence-corrected chi connectivity index (χ0v) is 23.9. The van der Waals surface area contributed by atoms with E-state index in [1.54, 1.807) is 12.1 Å². The summed E-state index contributed by atoms with van der Waals surface area (Å²) in [6.07, 6.45) is 12.8. The Kier molecular flexibility index (Phi) is 8.37. The molecule has 3 fully saturated rings. The fourth-order valence-electron chi connectivity index (χ4n) is 6.31. The third-order valence-electron chi connectivity index (χ3n) is 8.48. The van der Waals surface area contributed by atoms with E-state index in [0.29, 0.717) is 51.8 Å². The zero-order valence-electron chi connectivity index (χ0n) is 23.1. The number of hydrogen-bond donors (Lipinski definition) is 3. The number of nitrogens with one attached hydrogen (secondary N) is 3. The van der Waals surface area contributed by atoms with Crippen LogP contribution in [-0.2, 0) is 4.79 Å². The second kappa shape index (κ2) is 12.3. The third kappa shape index (κ3) is 6.63. The lowest BCUT2D eigenvalue weighted by Crippen LogP contribution is -2.56. The molecular weight excluding hydrogens is 543 g/mol. The van der Waals surface area contributed by atoms with Gasteiger partial charge in [-0.1, -0.05) is 36.9 Å². The van der Waals surface area contributed by atoms with Crippen molar-refractivity contribution in [3.05, 3.63) is 59.7 Å². The molecule has 1 atom stereocenters. The number of ether oxygens (including phenoxy) is 1. The van der Waals surface area contributed by atoms with E-state index >= 15 is 0 Å². The van der Waals surface area contributed by atoms with Crippen LogP contribution in [0.2, 0.25) is 5.02 Å². The van der Waals surface area contributed by atoms with Crippen molar-refractivity contribution < 1.29 is 13.9 Å². The summed E-state index contributed by atoms with van der Waals surface area (Å²) < 4.78 is 19.9. The summed E-state index contributed by atoms with van der Waals surface area (Å²) in [7, 11) is 0. The highest BCUT2D eigenvalue weighted by Crippen LogP contribution is 2.43. The number of benzene rings is 2. The molecule has 8 nitrogen and oxygen atoms in total. The smallest absolute Gasteiger partial charge is 0.248 e. The number of aromatic nitrogens is 2. The lowest BCUT2D eigenvalue weighted by atomic mass is 9.69. The first-order valence-electron chi connectivity index (χ1n) is 14.5. The largest absolute Gasteiger partial charge is 0.491 e. The molecule has 1 saturated carbocycles. The number of amides is 1. The van der Waals surface area contributed by atoms with E-state index in [1.165, 1.54) is 50.6 Å². The Morgan fingerprint density at radius 3 is 2.83 bits per heavy atom. The molecule has 2 aliphatic heterocycles. The maximum atomic E-state index is 13.7. The van der Waals surface area contributed by atoms with Crippen molar-refractivity contribution in [2.24, 2.45) is 11.3 Å². The molecule has 1 unspecified atom stereocenters. The van der Waals surface area contributed by atoms with E-state index in [2.05, 4.69) is 30.8 Å². The van der Waals surface area contributed by atoms with Crippen molar-refractivity contribution in [2.75, 3.05) is 50.0 Å². The fourth-order valence-corrected chi connectivity index (χ4v) is 6.49. The summed E-state index contributed by atoms with van der Waals surface area (Å²) in [6.45, 7) is 5.46. The fraction of sp³-hybridized carbons (Fsp3) is 0.452. The molecule has 3 N–H and O–H groups in total. The van der Waals surface area contributed by atoms with Gasteiger partial charge in [0.15, 0.2) is 0 Å². The first-order valence-corrected chi connectivity index (χ1v) is 14.9. The van der Waals surface area contributed by atoms with Crippen LogP contribution in [0.15, 0.2) is 48.8 Å². The van der Waals surface area contributed by atoms with Crippen LogP contribution in [0.4, 0.5) is 21.6 Å². The Balaban J connectivity index is 1.18. The van der Waals surface area contributed by atoms with E-state index in [9.17, 15) is 9.18 Å². The molecule has 2 saturated heterocycles. The molecule has 216 valence electrons. The maximum Gasteiger partial charge on any atom is 0.248 e. The molecule has 3 aromatic rings. The molecule has 41 heavy (non-hydrogen) atoms. The van der Waals surface area contributed by atoms with Gasteiger partial charge in [0.2, 0.25) is 5.91 Å². The monoisotopic (exact) mass is 578 g/mol. The minimum atomic E-state index is -0.496. The summed E-state index contributed by atoms with van der Waals surface area (Å²) in [4.78, 5) is 24.2. The number of anilines is 3. The van der Waals surface area contributed by atoms with E-state index in [-0.39, 0.29) is 10.9 Å². The number of likely N-dealkylation sites (tertiary alicyclic amines) is 1. The van der Waals surface area contributed by atoms with Gasteiger partial charge in [0.05, 0.1) is 22.8 Å². The average molecular weight is 579 g/mol. The lowest BCUT2D eigenvalue weighted by molar-refractivity contribution is -0.112. The summed E-state index contributed by atoms with van der Waals surface area (Å²) in [5, 5.41) is 10.3. The summed E-state index contributed by atoms with van der Waals surface area (Å²) in [5.41, 5.74) is 2.30. The van der Waals surface area contributed by atoms with E-state index in [4.69, 9.17) is 16.3 Å². The highest BCUT2D eigenvalue weighted by Gasteiger charge is 2.42. The standard InChI is InChI=1S/C31H36ClFN6O2/c32-24-13-22(6-7-25(24)33)37-30-23-14-27(28(15-26(23)35-20-36-30)41-17-21-8-11-34-16-21)38-29(40)5-4-12-39-18-31(19-39)9-2-1-3-10-31/h4-7,13-15,20-21,34H,1-3,8-12,16-19H2,(H,38,40)(H,35,36,37). The molecule has 10 heteroatoms. The Labute approximate surface area is 244 Å². The molecule has 2 aromatic carbocycles. The molecule has 1 aliphatic carbocycles. The van der Waals surface area contributed by atoms with Gasteiger partial charge in [-0.2, -0.15) is 0 Å². The van der Waals surface area contributed by atoms with Gasteiger partial charge in [0.1, 0.15) is 23.7 Å². The van der Waals surface area contributed by atoms with Crippen molar-refractivity contribution in [3.8, 4) is 5.75 Å². The molecule has 6 rings (SSSR count). The number of hydrogen-bond acceptors (Lipinski definition) is 7. The van der Waals surface area contributed by atoms with Crippen LogP contribution < -0.4 is 20.7 Å². The molecule has 1 spiro atoms. The molecule has 1 aromatic heterocycles. The maximum absolute atomic E-state index is 13.7. The SMILES string of the molecule is O=C(C=CCN1CC2(CCCCC2)C1)Nc1cc2c(Nc3ccc(F)c(Cl)c3)ncnc2cc1OCC1CCNC1. The summed E-state index contributed by atoms with van der Waals surface area (Å²) >= 11 is 5.98. The van der Waals surface area contributed by atoms with Crippen molar-refractivity contribution in [2.45, 2.75) is 38.5 Å². The second-order valence-electron chi connectivity index (χ2n) is 11.6. The minimum absolute atomic E-state index is 0.0114. The normalized spacial score (nSPS) is 20.4. The number of rotatable bonds is 9. The van der Waals surface area contributed by atoms with Gasteiger partial charge < -0.3 is 20.7 Å². The van der Waals surface area contributed by atoms with Crippen molar-refractivity contribution in [1.29, 1.82) is 0 Å². The van der Waals surface area contributed by atoms with Crippen molar-refractivity contribution in [1.82, 2.24) is 20.2 Å². The predicted octanol–water partition coefficient (Wildman–Crippen LogP) is 5.92. The van der Waals surface area contributed by atoms with E-state index in [1.807, 2.05) is 18.2 Å². The summed E-state index contributed by atoms with van der Waals surface area (Å²) in [6, 6.07) is 8.03. The molecular formula is C31H36ClFN6O2. The number of nitrogens with zero attached hydrogens (tertiary/aromatic N) is 3. The Morgan fingerprint density at radius 1 is 1.20 bits per heavy atom. The van der Waals surface area contributed by atoms with Gasteiger partial charge >= 0.3 is 0 Å². The molecule has 1 amide bonds. The van der Waals surface area contributed by atoms with Crippen LogP contribution in [0.25, 0.3) is 10.9 Å². The van der Waals surface area contributed by atoms with Crippen LogP contribution in [0, 0.1) is 17.2 Å². The Hall–Kier alpha value is -3.27. The first-order chi connectivity index (χ1) is 20.0. The van der Waals surface area contributed by atoms with Crippen LogP contribution in [0.1, 0.15) is 38.5 Å². The Bertz CT molecular complexity index is 1430. The molecule has 3 heterocycles. The van der Waals surface area contributed by atoms with Gasteiger partial charge in [-0.25, -0.2) is 14.4 Å². The minimum Gasteiger partial charge on any atom is -0.491 e.